The van der Waals surface area contributed by atoms with Crippen LogP contribution < -0.4 is 9.80 Å². The van der Waals surface area contributed by atoms with Crippen molar-refractivity contribution in [2.45, 2.75) is 12.8 Å². The van der Waals surface area contributed by atoms with Crippen LogP contribution in [-0.4, -0.2) is 34.3 Å². The zero-order valence-corrected chi connectivity index (χ0v) is 12.4. The summed E-state index contributed by atoms with van der Waals surface area (Å²) in [6, 6.07) is 8.15. The minimum atomic E-state index is -0.0535. The number of anilines is 2. The van der Waals surface area contributed by atoms with Gasteiger partial charge in [0.2, 0.25) is 0 Å². The highest BCUT2D eigenvalue weighted by Gasteiger charge is 2.31. The van der Waals surface area contributed by atoms with Crippen molar-refractivity contribution in [1.82, 2.24) is 8.75 Å². The molecule has 1 amide bonds. The van der Waals surface area contributed by atoms with Crippen molar-refractivity contribution in [2.75, 3.05) is 29.4 Å². The molecule has 1 aliphatic heterocycles. The van der Waals surface area contributed by atoms with Crippen LogP contribution in [0.1, 0.15) is 23.3 Å². The van der Waals surface area contributed by atoms with Crippen LogP contribution in [0.4, 0.5) is 11.4 Å². The zero-order valence-electron chi connectivity index (χ0n) is 11.6. The standard InChI is InChI=1S/C15H16N4OS/c20-15(12-9-16-21-17-12)19-8-7-18(10-11-5-6-11)13-3-1-2-4-14(13)19/h1-4,9,11H,5-8,10H2. The number of amides is 1. The number of fused-ring (bicyclic) bond motifs is 1. The fraction of sp³-hybridized carbons (Fsp3) is 0.400. The fourth-order valence-electron chi connectivity index (χ4n) is 2.83. The Hall–Kier alpha value is -1.95. The van der Waals surface area contributed by atoms with E-state index in [-0.39, 0.29) is 5.91 Å². The molecule has 0 unspecified atom stereocenters. The Kier molecular flexibility index (Phi) is 3.11. The van der Waals surface area contributed by atoms with Crippen LogP contribution in [0.2, 0.25) is 0 Å². The second-order valence-electron chi connectivity index (χ2n) is 5.63. The summed E-state index contributed by atoms with van der Waals surface area (Å²) in [4.78, 5) is 16.8. The molecule has 1 aromatic carbocycles. The molecule has 0 N–H and O–H groups in total. The number of carbonyl (C=O) groups excluding carboxylic acids is 1. The molecule has 21 heavy (non-hydrogen) atoms. The number of para-hydroxylation sites is 2. The summed E-state index contributed by atoms with van der Waals surface area (Å²) < 4.78 is 8.00. The largest absolute Gasteiger partial charge is 0.368 e. The molecule has 2 heterocycles. The van der Waals surface area contributed by atoms with Gasteiger partial charge in [-0.3, -0.25) is 4.79 Å². The van der Waals surface area contributed by atoms with E-state index in [1.165, 1.54) is 12.8 Å². The minimum absolute atomic E-state index is 0.0535. The Morgan fingerprint density at radius 1 is 1.24 bits per heavy atom. The van der Waals surface area contributed by atoms with E-state index in [9.17, 15) is 4.79 Å². The van der Waals surface area contributed by atoms with Gasteiger partial charge in [0.15, 0.2) is 5.69 Å². The molecule has 0 bridgehead atoms. The first-order valence-corrected chi connectivity index (χ1v) is 7.99. The maximum atomic E-state index is 12.6. The number of nitrogens with zero attached hydrogens (tertiary/aromatic N) is 4. The number of benzene rings is 1. The Morgan fingerprint density at radius 3 is 2.76 bits per heavy atom. The van der Waals surface area contributed by atoms with Crippen molar-refractivity contribution in [3.05, 3.63) is 36.2 Å². The third-order valence-electron chi connectivity index (χ3n) is 4.11. The lowest BCUT2D eigenvalue weighted by Crippen LogP contribution is -2.44. The lowest BCUT2D eigenvalue weighted by atomic mass is 10.1. The first-order valence-electron chi connectivity index (χ1n) is 7.26. The van der Waals surface area contributed by atoms with E-state index in [1.54, 1.807) is 6.20 Å². The lowest BCUT2D eigenvalue weighted by Gasteiger charge is -2.37. The number of hydrogen-bond donors (Lipinski definition) is 0. The van der Waals surface area contributed by atoms with Crippen LogP contribution in [0.25, 0.3) is 0 Å². The summed E-state index contributed by atoms with van der Waals surface area (Å²) in [5.41, 5.74) is 2.58. The van der Waals surface area contributed by atoms with Crippen molar-refractivity contribution < 1.29 is 4.79 Å². The number of carbonyl (C=O) groups is 1. The molecule has 1 aromatic heterocycles. The summed E-state index contributed by atoms with van der Waals surface area (Å²) >= 11 is 1.07. The van der Waals surface area contributed by atoms with Crippen molar-refractivity contribution >= 4 is 29.0 Å². The van der Waals surface area contributed by atoms with E-state index in [4.69, 9.17) is 0 Å². The molecule has 1 aliphatic carbocycles. The SMILES string of the molecule is O=C(c1cnsn1)N1CCN(CC2CC2)c2ccccc21. The average molecular weight is 300 g/mol. The first-order chi connectivity index (χ1) is 10.3. The normalized spacial score (nSPS) is 17.7. The van der Waals surface area contributed by atoms with Gasteiger partial charge in [0.1, 0.15) is 0 Å². The molecule has 6 heteroatoms. The molecule has 2 aromatic rings. The van der Waals surface area contributed by atoms with Crippen LogP contribution in [0.15, 0.2) is 30.5 Å². The molecule has 0 spiro atoms. The summed E-state index contributed by atoms with van der Waals surface area (Å²) in [5, 5.41) is 0. The molecule has 1 saturated carbocycles. The van der Waals surface area contributed by atoms with E-state index in [1.807, 2.05) is 23.1 Å². The average Bonchev–Trinajstić information content (AvgIpc) is 3.16. The predicted octanol–water partition coefficient (Wildman–Crippen LogP) is 2.41. The van der Waals surface area contributed by atoms with Crippen molar-refractivity contribution in [2.24, 2.45) is 5.92 Å². The summed E-state index contributed by atoms with van der Waals surface area (Å²) in [6.45, 7) is 2.70. The van der Waals surface area contributed by atoms with Gasteiger partial charge in [-0.25, -0.2) is 0 Å². The molecule has 108 valence electrons. The maximum Gasteiger partial charge on any atom is 0.279 e. The highest BCUT2D eigenvalue weighted by molar-refractivity contribution is 6.99. The molecular formula is C15H16N4OS. The van der Waals surface area contributed by atoms with Gasteiger partial charge in [0.05, 0.1) is 29.3 Å². The van der Waals surface area contributed by atoms with Crippen LogP contribution in [-0.2, 0) is 0 Å². The fourth-order valence-corrected chi connectivity index (χ4v) is 3.24. The quantitative estimate of drug-likeness (QED) is 0.873. The van der Waals surface area contributed by atoms with Crippen molar-refractivity contribution in [3.63, 3.8) is 0 Å². The van der Waals surface area contributed by atoms with E-state index in [2.05, 4.69) is 19.7 Å². The van der Waals surface area contributed by atoms with Crippen molar-refractivity contribution in [3.8, 4) is 0 Å². The number of rotatable bonds is 3. The van der Waals surface area contributed by atoms with E-state index < -0.39 is 0 Å². The molecule has 0 atom stereocenters. The molecule has 5 nitrogen and oxygen atoms in total. The Morgan fingerprint density at radius 2 is 2.05 bits per heavy atom. The highest BCUT2D eigenvalue weighted by atomic mass is 32.1. The zero-order chi connectivity index (χ0) is 14.2. The van der Waals surface area contributed by atoms with Crippen LogP contribution >= 0.6 is 11.7 Å². The van der Waals surface area contributed by atoms with Crippen LogP contribution in [0.5, 0.6) is 0 Å². The number of aromatic nitrogens is 2. The topological polar surface area (TPSA) is 49.3 Å². The van der Waals surface area contributed by atoms with Crippen LogP contribution in [0.3, 0.4) is 0 Å². The third-order valence-corrected chi connectivity index (χ3v) is 4.59. The summed E-state index contributed by atoms with van der Waals surface area (Å²) in [7, 11) is 0. The molecule has 4 rings (SSSR count). The summed E-state index contributed by atoms with van der Waals surface area (Å²) in [6.07, 6.45) is 4.23. The number of hydrogen-bond acceptors (Lipinski definition) is 5. The Balaban J connectivity index is 1.65. The highest BCUT2D eigenvalue weighted by Crippen LogP contribution is 2.37. The Labute approximate surface area is 127 Å². The van der Waals surface area contributed by atoms with Crippen molar-refractivity contribution in [1.29, 1.82) is 0 Å². The minimum Gasteiger partial charge on any atom is -0.368 e. The second-order valence-corrected chi connectivity index (χ2v) is 6.18. The lowest BCUT2D eigenvalue weighted by molar-refractivity contribution is 0.0982. The van der Waals surface area contributed by atoms with Gasteiger partial charge in [-0.1, -0.05) is 12.1 Å². The third kappa shape index (κ3) is 2.40. The van der Waals surface area contributed by atoms with Gasteiger partial charge in [0, 0.05) is 19.6 Å². The second kappa shape index (κ2) is 5.11. The van der Waals surface area contributed by atoms with E-state index >= 15 is 0 Å². The smallest absolute Gasteiger partial charge is 0.279 e. The van der Waals surface area contributed by atoms with Gasteiger partial charge in [-0.15, -0.1) is 0 Å². The van der Waals surface area contributed by atoms with Gasteiger partial charge >= 0.3 is 0 Å². The van der Waals surface area contributed by atoms with Crippen LogP contribution in [0, 0.1) is 5.92 Å². The van der Waals surface area contributed by atoms with Gasteiger partial charge < -0.3 is 9.80 Å². The monoisotopic (exact) mass is 300 g/mol. The molecule has 1 fully saturated rings. The molecular weight excluding hydrogens is 284 g/mol. The maximum absolute atomic E-state index is 12.6. The first kappa shape index (κ1) is 12.8. The Bertz CT molecular complexity index is 653. The predicted molar refractivity (Wildman–Crippen MR) is 83.0 cm³/mol. The van der Waals surface area contributed by atoms with E-state index in [0.717, 1.165) is 42.1 Å². The van der Waals surface area contributed by atoms with E-state index in [0.29, 0.717) is 12.2 Å². The molecule has 0 radical (unpaired) electrons. The summed E-state index contributed by atoms with van der Waals surface area (Å²) in [5.74, 6) is 0.783. The molecule has 0 saturated heterocycles. The molecule has 2 aliphatic rings. The van der Waals surface area contributed by atoms with Gasteiger partial charge in [-0.2, -0.15) is 8.75 Å². The van der Waals surface area contributed by atoms with Gasteiger partial charge in [0.25, 0.3) is 5.91 Å². The van der Waals surface area contributed by atoms with Gasteiger partial charge in [-0.05, 0) is 30.9 Å².